The van der Waals surface area contributed by atoms with Gasteiger partial charge in [0.05, 0.1) is 10.3 Å². The minimum absolute atomic E-state index is 0. The van der Waals surface area contributed by atoms with E-state index in [4.69, 9.17) is 0 Å². The lowest BCUT2D eigenvalue weighted by molar-refractivity contribution is 0.0660. The zero-order valence-electron chi connectivity index (χ0n) is 13.8. The quantitative estimate of drug-likeness (QED) is 0.829. The summed E-state index contributed by atoms with van der Waals surface area (Å²) in [7, 11) is 0. The van der Waals surface area contributed by atoms with Crippen LogP contribution in [0.3, 0.4) is 0 Å². The molecule has 1 amide bonds. The van der Waals surface area contributed by atoms with Gasteiger partial charge in [0, 0.05) is 38.6 Å². The molecule has 1 atom stereocenters. The highest BCUT2D eigenvalue weighted by molar-refractivity contribution is 7.20. The number of hydrogen-bond donors (Lipinski definition) is 1. The Morgan fingerprint density at radius 1 is 1.38 bits per heavy atom. The van der Waals surface area contributed by atoms with Gasteiger partial charge in [0.15, 0.2) is 0 Å². The van der Waals surface area contributed by atoms with E-state index in [-0.39, 0.29) is 29.9 Å². The van der Waals surface area contributed by atoms with Gasteiger partial charge in [-0.05, 0) is 25.8 Å². The lowest BCUT2D eigenvalue weighted by Crippen LogP contribution is -2.52. The molecule has 1 saturated heterocycles. The summed E-state index contributed by atoms with van der Waals surface area (Å²) >= 11 is 1.37. The maximum absolute atomic E-state index is 12.9. The van der Waals surface area contributed by atoms with Crippen LogP contribution in [0.25, 0.3) is 10.2 Å². The number of thiophene rings is 1. The van der Waals surface area contributed by atoms with Crippen molar-refractivity contribution in [2.75, 3.05) is 19.6 Å². The first-order chi connectivity index (χ1) is 11.1. The molecule has 4 heterocycles. The maximum Gasteiger partial charge on any atom is 0.264 e. The molecular formula is C16H21ClN4O2S. The third-order valence-electron chi connectivity index (χ3n) is 4.87. The van der Waals surface area contributed by atoms with E-state index in [0.29, 0.717) is 21.6 Å². The summed E-state index contributed by atoms with van der Waals surface area (Å²) < 4.78 is 1.77. The summed E-state index contributed by atoms with van der Waals surface area (Å²) in [6, 6.07) is 0.167. The van der Waals surface area contributed by atoms with E-state index in [0.717, 1.165) is 43.9 Å². The summed E-state index contributed by atoms with van der Waals surface area (Å²) in [5.74, 6) is 0.891. The standard InChI is InChI=1S/C16H20N4O2S.ClH/c1-9-8-17-5-7-19(9)16(22)13-10(2)12-14(23-13)18-11-4-3-6-20(11)15(12)21;/h9,17H,3-8H2,1-2H3;1H/t9-;/m0./s1. The van der Waals surface area contributed by atoms with E-state index >= 15 is 0 Å². The van der Waals surface area contributed by atoms with Crippen molar-refractivity contribution in [2.45, 2.75) is 39.3 Å². The lowest BCUT2D eigenvalue weighted by atomic mass is 10.1. The van der Waals surface area contributed by atoms with Crippen molar-refractivity contribution in [3.63, 3.8) is 0 Å². The molecule has 0 aliphatic carbocycles. The van der Waals surface area contributed by atoms with Gasteiger partial charge in [0.1, 0.15) is 10.7 Å². The number of nitrogens with zero attached hydrogens (tertiary/aromatic N) is 3. The number of amides is 1. The van der Waals surface area contributed by atoms with Crippen LogP contribution < -0.4 is 10.9 Å². The molecule has 1 N–H and O–H groups in total. The van der Waals surface area contributed by atoms with Crippen molar-refractivity contribution in [3.05, 3.63) is 26.6 Å². The van der Waals surface area contributed by atoms with Crippen LogP contribution in [0, 0.1) is 6.92 Å². The molecule has 2 aromatic heterocycles. The van der Waals surface area contributed by atoms with Crippen molar-refractivity contribution in [1.82, 2.24) is 19.8 Å². The van der Waals surface area contributed by atoms with Gasteiger partial charge in [0.25, 0.3) is 11.5 Å². The molecule has 2 aromatic rings. The molecule has 0 saturated carbocycles. The largest absolute Gasteiger partial charge is 0.333 e. The molecule has 6 nitrogen and oxygen atoms in total. The van der Waals surface area contributed by atoms with Crippen molar-refractivity contribution < 1.29 is 4.79 Å². The third kappa shape index (κ3) is 2.55. The predicted molar refractivity (Wildman–Crippen MR) is 97.6 cm³/mol. The molecule has 130 valence electrons. The van der Waals surface area contributed by atoms with Gasteiger partial charge in [-0.3, -0.25) is 14.2 Å². The Balaban J connectivity index is 0.00000169. The number of aryl methyl sites for hydroxylation is 2. The van der Waals surface area contributed by atoms with E-state index in [1.165, 1.54) is 11.3 Å². The van der Waals surface area contributed by atoms with Gasteiger partial charge in [-0.15, -0.1) is 23.7 Å². The number of rotatable bonds is 1. The van der Waals surface area contributed by atoms with Gasteiger partial charge >= 0.3 is 0 Å². The zero-order chi connectivity index (χ0) is 16.1. The molecule has 0 aromatic carbocycles. The van der Waals surface area contributed by atoms with Crippen molar-refractivity contribution in [2.24, 2.45) is 0 Å². The number of aromatic nitrogens is 2. The highest BCUT2D eigenvalue weighted by Gasteiger charge is 2.29. The normalized spacial score (nSPS) is 20.1. The SMILES string of the molecule is Cc1c(C(=O)N2CCNC[C@@H]2C)sc2nc3n(c(=O)c12)CCC3.Cl. The molecule has 4 rings (SSSR count). The number of piperazine rings is 1. The molecule has 24 heavy (non-hydrogen) atoms. The van der Waals surface area contributed by atoms with E-state index in [2.05, 4.69) is 10.3 Å². The summed E-state index contributed by atoms with van der Waals surface area (Å²) in [6.45, 7) is 7.00. The Bertz CT molecular complexity index is 860. The second-order valence-electron chi connectivity index (χ2n) is 6.38. The van der Waals surface area contributed by atoms with Crippen LogP contribution in [0.15, 0.2) is 4.79 Å². The second-order valence-corrected chi connectivity index (χ2v) is 7.38. The highest BCUT2D eigenvalue weighted by atomic mass is 35.5. The smallest absolute Gasteiger partial charge is 0.264 e. The van der Waals surface area contributed by atoms with Gasteiger partial charge < -0.3 is 10.2 Å². The van der Waals surface area contributed by atoms with E-state index in [1.807, 2.05) is 18.7 Å². The topological polar surface area (TPSA) is 67.2 Å². The molecule has 8 heteroatoms. The van der Waals surface area contributed by atoms with Gasteiger partial charge in [-0.25, -0.2) is 4.98 Å². The number of carbonyl (C=O) groups excluding carboxylic acids is 1. The number of hydrogen-bond acceptors (Lipinski definition) is 5. The van der Waals surface area contributed by atoms with Crippen molar-refractivity contribution >= 4 is 39.9 Å². The first-order valence-corrected chi connectivity index (χ1v) is 8.94. The Labute approximate surface area is 150 Å². The van der Waals surface area contributed by atoms with Crippen LogP contribution in [0.1, 0.15) is 34.4 Å². The van der Waals surface area contributed by atoms with Crippen LogP contribution in [0.4, 0.5) is 0 Å². The molecule has 2 aliphatic heterocycles. The van der Waals surface area contributed by atoms with Gasteiger partial charge in [-0.2, -0.15) is 0 Å². The predicted octanol–water partition coefficient (Wildman–Crippen LogP) is 1.57. The summed E-state index contributed by atoms with van der Waals surface area (Å²) in [6.07, 6.45) is 1.82. The van der Waals surface area contributed by atoms with Gasteiger partial charge in [-0.1, -0.05) is 0 Å². The molecule has 0 radical (unpaired) electrons. The highest BCUT2D eigenvalue weighted by Crippen LogP contribution is 2.30. The number of carbonyl (C=O) groups is 1. The Hall–Kier alpha value is -1.44. The monoisotopic (exact) mass is 368 g/mol. The van der Waals surface area contributed by atoms with Crippen LogP contribution in [-0.4, -0.2) is 46.0 Å². The van der Waals surface area contributed by atoms with Crippen molar-refractivity contribution in [3.8, 4) is 0 Å². The first-order valence-electron chi connectivity index (χ1n) is 8.12. The molecular weight excluding hydrogens is 348 g/mol. The summed E-state index contributed by atoms with van der Waals surface area (Å²) in [4.78, 5) is 33.6. The number of fused-ring (bicyclic) bond motifs is 2. The maximum atomic E-state index is 12.9. The second kappa shape index (κ2) is 6.46. The Morgan fingerprint density at radius 2 is 2.17 bits per heavy atom. The summed E-state index contributed by atoms with van der Waals surface area (Å²) in [5, 5.41) is 3.93. The third-order valence-corrected chi connectivity index (χ3v) is 6.04. The average Bonchev–Trinajstić information content (AvgIpc) is 3.12. The molecule has 2 aliphatic rings. The zero-order valence-corrected chi connectivity index (χ0v) is 15.4. The molecule has 0 unspecified atom stereocenters. The van der Waals surface area contributed by atoms with Crippen LogP contribution in [0.5, 0.6) is 0 Å². The Kier molecular flexibility index (Phi) is 4.68. The number of nitrogens with one attached hydrogen (secondary N) is 1. The van der Waals surface area contributed by atoms with Crippen LogP contribution in [-0.2, 0) is 13.0 Å². The Morgan fingerprint density at radius 3 is 2.92 bits per heavy atom. The van der Waals surface area contributed by atoms with E-state index < -0.39 is 0 Å². The summed E-state index contributed by atoms with van der Waals surface area (Å²) in [5.41, 5.74) is 0.809. The van der Waals surface area contributed by atoms with Gasteiger partial charge in [0.2, 0.25) is 0 Å². The fraction of sp³-hybridized carbons (Fsp3) is 0.562. The van der Waals surface area contributed by atoms with E-state index in [9.17, 15) is 9.59 Å². The molecule has 0 spiro atoms. The minimum atomic E-state index is 0. The molecule has 1 fully saturated rings. The fourth-order valence-electron chi connectivity index (χ4n) is 3.55. The number of halogens is 1. The lowest BCUT2D eigenvalue weighted by Gasteiger charge is -2.33. The van der Waals surface area contributed by atoms with Crippen LogP contribution >= 0.6 is 23.7 Å². The minimum Gasteiger partial charge on any atom is -0.333 e. The average molecular weight is 369 g/mol. The fourth-order valence-corrected chi connectivity index (χ4v) is 4.70. The van der Waals surface area contributed by atoms with Crippen LogP contribution in [0.2, 0.25) is 0 Å². The van der Waals surface area contributed by atoms with Crippen molar-refractivity contribution in [1.29, 1.82) is 0 Å². The van der Waals surface area contributed by atoms with E-state index in [1.54, 1.807) is 4.57 Å². The first kappa shape index (κ1) is 17.4. The molecule has 0 bridgehead atoms.